The number of aryl methyl sites for hydroxylation is 1. The quantitative estimate of drug-likeness (QED) is 0.732. The number of phenols is 1. The van der Waals surface area contributed by atoms with E-state index in [2.05, 4.69) is 25.8 Å². The van der Waals surface area contributed by atoms with E-state index in [0.717, 1.165) is 16.7 Å². The Labute approximate surface area is 128 Å². The van der Waals surface area contributed by atoms with Crippen LogP contribution in [0.2, 0.25) is 0 Å². The van der Waals surface area contributed by atoms with Gasteiger partial charge in [0, 0.05) is 18.8 Å². The fourth-order valence-electron chi connectivity index (χ4n) is 1.61. The summed E-state index contributed by atoms with van der Waals surface area (Å²) in [5.41, 5.74) is 2.78. The monoisotopic (exact) mass is 365 g/mol. The molecule has 0 radical (unpaired) electrons. The van der Waals surface area contributed by atoms with Gasteiger partial charge in [-0.25, -0.2) is 0 Å². The SMILES string of the molecule is CN=Cc1c(C)ccc(C(C)(C)C)c1O.[Cl][Zr][Cl]. The number of hydrogen-bond acceptors (Lipinski definition) is 2. The van der Waals surface area contributed by atoms with Gasteiger partial charge in [0.15, 0.2) is 0 Å². The molecule has 18 heavy (non-hydrogen) atoms. The summed E-state index contributed by atoms with van der Waals surface area (Å²) >= 11 is -0.826. The van der Waals surface area contributed by atoms with Crippen LogP contribution in [-0.4, -0.2) is 18.4 Å². The topological polar surface area (TPSA) is 32.6 Å². The molecule has 0 aliphatic carbocycles. The van der Waals surface area contributed by atoms with E-state index in [4.69, 9.17) is 17.0 Å². The second kappa shape index (κ2) is 8.35. The van der Waals surface area contributed by atoms with Crippen LogP contribution in [-0.2, 0) is 26.3 Å². The second-order valence-corrected chi connectivity index (χ2v) is 8.63. The van der Waals surface area contributed by atoms with Gasteiger partial charge >= 0.3 is 37.9 Å². The molecule has 2 nitrogen and oxygen atoms in total. The summed E-state index contributed by atoms with van der Waals surface area (Å²) < 4.78 is 0. The Kier molecular flexibility index (Phi) is 8.42. The molecule has 1 aromatic rings. The molecule has 1 N–H and O–H groups in total. The third-order valence-corrected chi connectivity index (χ3v) is 2.50. The van der Waals surface area contributed by atoms with Gasteiger partial charge in [-0.15, -0.1) is 0 Å². The van der Waals surface area contributed by atoms with Crippen molar-refractivity contribution in [3.8, 4) is 5.75 Å². The number of rotatable bonds is 1. The molecule has 0 atom stereocenters. The van der Waals surface area contributed by atoms with Crippen LogP contribution in [0, 0.1) is 6.92 Å². The summed E-state index contributed by atoms with van der Waals surface area (Å²) in [5, 5.41) is 10.1. The van der Waals surface area contributed by atoms with Crippen molar-refractivity contribution >= 4 is 23.2 Å². The molecule has 0 aliphatic rings. The number of aromatic hydroxyl groups is 1. The van der Waals surface area contributed by atoms with Crippen molar-refractivity contribution in [1.82, 2.24) is 0 Å². The normalized spacial score (nSPS) is 11.1. The minimum atomic E-state index is -0.826. The third kappa shape index (κ3) is 5.42. The zero-order valence-corrected chi connectivity index (χ0v) is 15.4. The first-order chi connectivity index (χ1) is 8.29. The average Bonchev–Trinajstić information content (AvgIpc) is 2.23. The summed E-state index contributed by atoms with van der Waals surface area (Å²) in [6, 6.07) is 4.01. The molecule has 0 amide bonds. The number of aliphatic imine (C=N–C) groups is 1. The van der Waals surface area contributed by atoms with Crippen LogP contribution in [0.4, 0.5) is 0 Å². The molecular weight excluding hydrogens is 348 g/mol. The van der Waals surface area contributed by atoms with Crippen LogP contribution in [0.15, 0.2) is 17.1 Å². The van der Waals surface area contributed by atoms with Crippen molar-refractivity contribution in [2.75, 3.05) is 7.05 Å². The Morgan fingerprint density at radius 2 is 1.78 bits per heavy atom. The van der Waals surface area contributed by atoms with Crippen molar-refractivity contribution in [3.05, 3.63) is 28.8 Å². The van der Waals surface area contributed by atoms with Crippen molar-refractivity contribution in [2.45, 2.75) is 33.1 Å². The predicted molar refractivity (Wildman–Crippen MR) is 76.8 cm³/mol. The first-order valence-corrected chi connectivity index (χ1v) is 11.8. The molecule has 1 aromatic carbocycles. The zero-order chi connectivity index (χ0) is 14.3. The van der Waals surface area contributed by atoms with Gasteiger partial charge in [0.1, 0.15) is 5.75 Å². The van der Waals surface area contributed by atoms with Crippen molar-refractivity contribution in [2.24, 2.45) is 4.99 Å². The molecule has 0 spiro atoms. The Hall–Kier alpha value is 0.153. The van der Waals surface area contributed by atoms with Crippen LogP contribution in [0.3, 0.4) is 0 Å². The second-order valence-electron chi connectivity index (χ2n) is 4.90. The van der Waals surface area contributed by atoms with Gasteiger partial charge in [-0.3, -0.25) is 4.99 Å². The first kappa shape index (κ1) is 18.2. The van der Waals surface area contributed by atoms with E-state index in [1.165, 1.54) is 0 Å². The van der Waals surface area contributed by atoms with E-state index < -0.39 is 20.8 Å². The van der Waals surface area contributed by atoms with Crippen molar-refractivity contribution < 1.29 is 26.0 Å². The summed E-state index contributed by atoms with van der Waals surface area (Å²) in [5.74, 6) is 0.355. The maximum absolute atomic E-state index is 10.1. The number of nitrogens with zero attached hydrogens (tertiary/aromatic N) is 1. The van der Waals surface area contributed by atoms with Gasteiger partial charge < -0.3 is 5.11 Å². The number of phenolic OH excluding ortho intramolecular Hbond substituents is 1. The zero-order valence-electron chi connectivity index (χ0n) is 11.4. The Balaban J connectivity index is 0.000000873. The van der Waals surface area contributed by atoms with Gasteiger partial charge in [0.2, 0.25) is 0 Å². The number of benzene rings is 1. The third-order valence-electron chi connectivity index (χ3n) is 2.50. The summed E-state index contributed by atoms with van der Waals surface area (Å²) in [6.45, 7) is 8.24. The fraction of sp³-hybridized carbons (Fsp3) is 0.462. The van der Waals surface area contributed by atoms with Gasteiger partial charge in [-0.1, -0.05) is 32.9 Å². The molecular formula is C13H19Cl2NOZr. The van der Waals surface area contributed by atoms with Crippen molar-refractivity contribution in [1.29, 1.82) is 0 Å². The molecule has 0 bridgehead atoms. The fourth-order valence-corrected chi connectivity index (χ4v) is 1.61. The summed E-state index contributed by atoms with van der Waals surface area (Å²) in [7, 11) is 11.6. The van der Waals surface area contributed by atoms with E-state index >= 15 is 0 Å². The minimum absolute atomic E-state index is 0.0475. The van der Waals surface area contributed by atoms with Gasteiger partial charge in [0.25, 0.3) is 0 Å². The van der Waals surface area contributed by atoms with Crippen LogP contribution in [0.1, 0.15) is 37.5 Å². The van der Waals surface area contributed by atoms with E-state index in [1.807, 2.05) is 19.1 Å². The Morgan fingerprint density at radius 1 is 1.28 bits per heavy atom. The summed E-state index contributed by atoms with van der Waals surface area (Å²) in [6.07, 6.45) is 1.71. The number of hydrogen-bond donors (Lipinski definition) is 1. The molecule has 5 heteroatoms. The molecule has 0 saturated heterocycles. The van der Waals surface area contributed by atoms with Gasteiger partial charge in [0.05, 0.1) is 0 Å². The van der Waals surface area contributed by atoms with Gasteiger partial charge in [-0.2, -0.15) is 0 Å². The predicted octanol–water partition coefficient (Wildman–Crippen LogP) is 4.42. The Morgan fingerprint density at radius 3 is 2.17 bits per heavy atom. The van der Waals surface area contributed by atoms with Crippen LogP contribution in [0.25, 0.3) is 0 Å². The van der Waals surface area contributed by atoms with E-state index in [9.17, 15) is 5.11 Å². The molecule has 0 heterocycles. The van der Waals surface area contributed by atoms with Crippen LogP contribution in [0.5, 0.6) is 5.75 Å². The first-order valence-electron chi connectivity index (χ1n) is 5.51. The van der Waals surface area contributed by atoms with E-state index in [0.29, 0.717) is 5.75 Å². The molecule has 0 aromatic heterocycles. The standard InChI is InChI=1S/C13H19NO.2ClH.Zr/c1-9-6-7-11(13(2,3)4)12(15)10(9)8-14-5;;;/h6-8,15H,1-5H3;2*1H;/q;;;+2/p-2. The molecule has 1 rings (SSSR count). The van der Waals surface area contributed by atoms with E-state index in [1.54, 1.807) is 13.3 Å². The molecule has 0 aliphatic heterocycles. The molecule has 0 saturated carbocycles. The number of halogens is 2. The van der Waals surface area contributed by atoms with Crippen LogP contribution >= 0.6 is 17.0 Å². The molecule has 0 fully saturated rings. The molecule has 0 unspecified atom stereocenters. The van der Waals surface area contributed by atoms with Gasteiger partial charge in [-0.05, 0) is 23.5 Å². The maximum atomic E-state index is 10.1. The molecule has 100 valence electrons. The van der Waals surface area contributed by atoms with E-state index in [-0.39, 0.29) is 5.41 Å². The Bertz CT molecular complexity index is 414. The summed E-state index contributed by atoms with van der Waals surface area (Å²) in [4.78, 5) is 3.97. The van der Waals surface area contributed by atoms with Crippen LogP contribution < -0.4 is 0 Å². The average molecular weight is 367 g/mol. The van der Waals surface area contributed by atoms with Crippen molar-refractivity contribution in [3.63, 3.8) is 0 Å².